The number of nitrogens with one attached hydrogen (secondary N) is 1. The highest BCUT2D eigenvalue weighted by Gasteiger charge is 1.95. The number of hydrogen-bond donors (Lipinski definition) is 3. The molecule has 14 heavy (non-hydrogen) atoms. The lowest BCUT2D eigenvalue weighted by Crippen LogP contribution is -2.20. The van der Waals surface area contributed by atoms with Gasteiger partial charge in [-0.1, -0.05) is 0 Å². The molecule has 0 radical (unpaired) electrons. The zero-order valence-corrected chi connectivity index (χ0v) is 7.08. The summed E-state index contributed by atoms with van der Waals surface area (Å²) in [7, 11) is 0. The van der Waals surface area contributed by atoms with E-state index in [9.17, 15) is 10.1 Å². The predicted octanol–water partition coefficient (Wildman–Crippen LogP) is -0.509. The second kappa shape index (κ2) is 6.17. The van der Waals surface area contributed by atoms with Crippen LogP contribution in [0.15, 0.2) is 24.5 Å². The van der Waals surface area contributed by atoms with E-state index < -0.39 is 5.09 Å². The molecule has 0 aliphatic rings. The van der Waals surface area contributed by atoms with Crippen molar-refractivity contribution in [2.24, 2.45) is 11.5 Å². The van der Waals surface area contributed by atoms with Gasteiger partial charge in [-0.15, -0.1) is 10.1 Å². The van der Waals surface area contributed by atoms with Gasteiger partial charge in [-0.05, 0) is 12.1 Å². The van der Waals surface area contributed by atoms with Gasteiger partial charge < -0.3 is 11.5 Å². The zero-order chi connectivity index (χ0) is 11.0. The summed E-state index contributed by atoms with van der Waals surface area (Å²) in [6.45, 7) is 0. The first-order valence-corrected chi connectivity index (χ1v) is 3.34. The summed E-state index contributed by atoms with van der Waals surface area (Å²) < 4.78 is 0. The number of hydrogen-bond acceptors (Lipinski definition) is 5. The van der Waals surface area contributed by atoms with E-state index in [1.54, 1.807) is 6.07 Å². The van der Waals surface area contributed by atoms with E-state index in [2.05, 4.69) is 21.3 Å². The van der Waals surface area contributed by atoms with Crippen molar-refractivity contribution in [3.05, 3.63) is 34.6 Å². The van der Waals surface area contributed by atoms with Gasteiger partial charge in [-0.2, -0.15) is 0 Å². The molecule has 8 heteroatoms. The third kappa shape index (κ3) is 7.72. The molecule has 1 aromatic heterocycles. The molecule has 0 bridgehead atoms. The summed E-state index contributed by atoms with van der Waals surface area (Å²) in [4.78, 5) is 17.4. The van der Waals surface area contributed by atoms with Gasteiger partial charge in [0.2, 0.25) is 0 Å². The first-order valence-electron chi connectivity index (χ1n) is 3.34. The van der Waals surface area contributed by atoms with Crippen LogP contribution < -0.4 is 16.3 Å². The highest BCUT2D eigenvalue weighted by molar-refractivity contribution is 5.71. The van der Waals surface area contributed by atoms with E-state index in [0.717, 1.165) is 0 Å². The van der Waals surface area contributed by atoms with Gasteiger partial charge in [0.15, 0.2) is 5.96 Å². The maximum atomic E-state index is 9.72. The van der Waals surface area contributed by atoms with Crippen LogP contribution in [0.4, 0.5) is 0 Å². The smallest absolute Gasteiger partial charge is 0.299 e. The molecule has 1 rings (SSSR count). The van der Waals surface area contributed by atoms with E-state index in [4.69, 9.17) is 5.41 Å². The topological polar surface area (TPSA) is 141 Å². The van der Waals surface area contributed by atoms with Crippen LogP contribution in [0.25, 0.3) is 0 Å². The van der Waals surface area contributed by atoms with Crippen molar-refractivity contribution < 1.29 is 9.92 Å². The molecule has 1 aromatic rings. The summed E-state index contributed by atoms with van der Waals surface area (Å²) in [5.41, 5.74) is 8.94. The molecular weight excluding hydrogens is 190 g/mol. The Hall–Kier alpha value is -2.38. The SMILES string of the molecule is N=C(N)N.O=[N+]([O-])Oc1cccnc1. The fourth-order valence-corrected chi connectivity index (χ4v) is 0.487. The third-order valence-corrected chi connectivity index (χ3v) is 0.814. The van der Waals surface area contributed by atoms with Crippen LogP contribution in [0.2, 0.25) is 0 Å². The van der Waals surface area contributed by atoms with Crippen molar-refractivity contribution in [3.63, 3.8) is 0 Å². The average Bonchev–Trinajstić information content (AvgIpc) is 2.03. The summed E-state index contributed by atoms with van der Waals surface area (Å²) in [6.07, 6.45) is 2.77. The molecule has 0 saturated heterocycles. The Bertz CT molecular complexity index is 298. The fraction of sp³-hybridized carbons (Fsp3) is 0. The van der Waals surface area contributed by atoms with Gasteiger partial charge in [0.1, 0.15) is 5.75 Å². The van der Waals surface area contributed by atoms with Crippen molar-refractivity contribution in [2.45, 2.75) is 0 Å². The highest BCUT2D eigenvalue weighted by Crippen LogP contribution is 2.04. The standard InChI is InChI=1S/C5H4N2O3.CH5N3/c8-7(9)10-5-2-1-3-6-4-5;2-1(3)4/h1-4H;(H5,2,3,4). The first kappa shape index (κ1) is 11.6. The lowest BCUT2D eigenvalue weighted by molar-refractivity contribution is -0.711. The van der Waals surface area contributed by atoms with E-state index >= 15 is 0 Å². The molecule has 0 atom stereocenters. The van der Waals surface area contributed by atoms with Crippen LogP contribution in [0.1, 0.15) is 0 Å². The number of nitrogens with two attached hydrogens (primary N) is 2. The third-order valence-electron chi connectivity index (χ3n) is 0.814. The van der Waals surface area contributed by atoms with Crippen molar-refractivity contribution in [1.29, 1.82) is 5.41 Å². The van der Waals surface area contributed by atoms with Gasteiger partial charge in [-0.25, -0.2) is 0 Å². The lowest BCUT2D eigenvalue weighted by Gasteiger charge is -1.93. The number of pyridine rings is 1. The van der Waals surface area contributed by atoms with Crippen molar-refractivity contribution in [2.75, 3.05) is 0 Å². The van der Waals surface area contributed by atoms with Crippen LogP contribution in [0.5, 0.6) is 5.75 Å². The fourth-order valence-electron chi connectivity index (χ4n) is 0.487. The Kier molecular flexibility index (Phi) is 5.12. The average molecular weight is 199 g/mol. The second-order valence-corrected chi connectivity index (χ2v) is 1.96. The molecule has 0 aliphatic carbocycles. The highest BCUT2D eigenvalue weighted by atomic mass is 17.0. The number of nitrogens with zero attached hydrogens (tertiary/aromatic N) is 2. The van der Waals surface area contributed by atoms with Gasteiger partial charge in [0.05, 0.1) is 6.20 Å². The van der Waals surface area contributed by atoms with Gasteiger partial charge in [-0.3, -0.25) is 15.2 Å². The lowest BCUT2D eigenvalue weighted by atomic mass is 10.5. The summed E-state index contributed by atoms with van der Waals surface area (Å²) >= 11 is 0. The molecule has 0 fully saturated rings. The Morgan fingerprint density at radius 1 is 1.64 bits per heavy atom. The maximum absolute atomic E-state index is 9.72. The van der Waals surface area contributed by atoms with Crippen molar-refractivity contribution in [3.8, 4) is 5.75 Å². The van der Waals surface area contributed by atoms with E-state index in [0.29, 0.717) is 0 Å². The number of aromatic nitrogens is 1. The molecule has 8 nitrogen and oxygen atoms in total. The number of guanidine groups is 1. The minimum atomic E-state index is -0.878. The molecule has 5 N–H and O–H groups in total. The van der Waals surface area contributed by atoms with Gasteiger partial charge in [0.25, 0.3) is 5.09 Å². The minimum Gasteiger partial charge on any atom is -0.370 e. The van der Waals surface area contributed by atoms with E-state index in [-0.39, 0.29) is 11.7 Å². The van der Waals surface area contributed by atoms with Crippen LogP contribution >= 0.6 is 0 Å². The Balaban J connectivity index is 0.000000364. The van der Waals surface area contributed by atoms with Crippen LogP contribution in [-0.4, -0.2) is 16.0 Å². The Labute approximate surface area is 79.1 Å². The van der Waals surface area contributed by atoms with Crippen molar-refractivity contribution >= 4 is 5.96 Å². The molecule has 0 amide bonds. The summed E-state index contributed by atoms with van der Waals surface area (Å²) in [6, 6.07) is 3.01. The first-order chi connectivity index (χ1) is 6.52. The molecule has 0 spiro atoms. The molecule has 0 saturated carbocycles. The largest absolute Gasteiger partial charge is 0.370 e. The monoisotopic (exact) mass is 199 g/mol. The summed E-state index contributed by atoms with van der Waals surface area (Å²) in [5, 5.41) is 14.9. The minimum absolute atomic E-state index is 0.132. The quantitative estimate of drug-likeness (QED) is 0.253. The second-order valence-electron chi connectivity index (χ2n) is 1.96. The molecule has 0 aliphatic heterocycles. The molecule has 0 unspecified atom stereocenters. The number of rotatable bonds is 2. The van der Waals surface area contributed by atoms with E-state index in [1.807, 2.05) is 0 Å². The Morgan fingerprint density at radius 3 is 2.57 bits per heavy atom. The van der Waals surface area contributed by atoms with Gasteiger partial charge >= 0.3 is 0 Å². The summed E-state index contributed by atoms with van der Waals surface area (Å²) in [5.74, 6) is -0.201. The predicted molar refractivity (Wildman–Crippen MR) is 48.0 cm³/mol. The zero-order valence-electron chi connectivity index (χ0n) is 7.08. The molecular formula is C6H9N5O3. The maximum Gasteiger partial charge on any atom is 0.299 e. The van der Waals surface area contributed by atoms with Crippen molar-refractivity contribution in [1.82, 2.24) is 4.98 Å². The molecule has 76 valence electrons. The van der Waals surface area contributed by atoms with Crippen LogP contribution in [-0.2, 0) is 0 Å². The van der Waals surface area contributed by atoms with Gasteiger partial charge in [0, 0.05) is 6.20 Å². The van der Waals surface area contributed by atoms with Crippen LogP contribution in [0, 0.1) is 15.5 Å². The van der Waals surface area contributed by atoms with Crippen LogP contribution in [0.3, 0.4) is 0 Å². The van der Waals surface area contributed by atoms with E-state index in [1.165, 1.54) is 18.5 Å². The normalized spacial score (nSPS) is 8.00. The molecule has 1 heterocycles. The Morgan fingerprint density at radius 2 is 2.21 bits per heavy atom. The molecule has 0 aromatic carbocycles.